The molecule has 0 saturated carbocycles. The molecule has 0 aliphatic carbocycles. The van der Waals surface area contributed by atoms with Gasteiger partial charge in [0.2, 0.25) is 0 Å². The number of halogens is 2. The molecule has 132 valence electrons. The number of carbonyl (C=O) groups is 1. The van der Waals surface area contributed by atoms with E-state index >= 15 is 0 Å². The number of hydrogen-bond donors (Lipinski definition) is 1. The Morgan fingerprint density at radius 2 is 1.84 bits per heavy atom. The van der Waals surface area contributed by atoms with Gasteiger partial charge in [-0.25, -0.2) is 4.39 Å². The number of ether oxygens (including phenoxy) is 1. The molecule has 0 atom stereocenters. The van der Waals surface area contributed by atoms with Crippen LogP contribution in [0.1, 0.15) is 19.3 Å². The van der Waals surface area contributed by atoms with E-state index in [1.54, 1.807) is 36.4 Å². The van der Waals surface area contributed by atoms with Crippen LogP contribution < -0.4 is 15.0 Å². The van der Waals surface area contributed by atoms with Gasteiger partial charge in [-0.3, -0.25) is 4.79 Å². The molecular formula is C19H20ClFN2O2. The van der Waals surface area contributed by atoms with Crippen molar-refractivity contribution < 1.29 is 13.9 Å². The molecule has 0 spiro atoms. The summed E-state index contributed by atoms with van der Waals surface area (Å²) in [6, 6.07) is 11.5. The van der Waals surface area contributed by atoms with Crippen LogP contribution in [-0.2, 0) is 4.79 Å². The highest BCUT2D eigenvalue weighted by Crippen LogP contribution is 2.25. The van der Waals surface area contributed by atoms with E-state index in [9.17, 15) is 9.18 Å². The standard InChI is InChI=1S/C19H20ClFN2O2/c20-14-4-7-16(8-5-14)25-13-19(24)22-15-6-9-18(17(21)12-15)23-10-2-1-3-11-23/h4-9,12H,1-3,10-11,13H2,(H,22,24). The molecule has 1 amide bonds. The summed E-state index contributed by atoms with van der Waals surface area (Å²) in [6.07, 6.45) is 3.36. The number of hydrogen-bond acceptors (Lipinski definition) is 3. The predicted octanol–water partition coefficient (Wildman–Crippen LogP) is 4.49. The lowest BCUT2D eigenvalue weighted by Crippen LogP contribution is -2.30. The van der Waals surface area contributed by atoms with Crippen LogP contribution in [0, 0.1) is 5.82 Å². The first-order chi connectivity index (χ1) is 12.1. The van der Waals surface area contributed by atoms with E-state index in [4.69, 9.17) is 16.3 Å². The van der Waals surface area contributed by atoms with E-state index < -0.39 is 0 Å². The predicted molar refractivity (Wildman–Crippen MR) is 98.0 cm³/mol. The van der Waals surface area contributed by atoms with Gasteiger partial charge in [0.15, 0.2) is 6.61 Å². The van der Waals surface area contributed by atoms with Crippen molar-refractivity contribution in [2.45, 2.75) is 19.3 Å². The van der Waals surface area contributed by atoms with Gasteiger partial charge < -0.3 is 15.0 Å². The Hall–Kier alpha value is -2.27. The van der Waals surface area contributed by atoms with Crippen LogP contribution in [0.4, 0.5) is 15.8 Å². The fourth-order valence-electron chi connectivity index (χ4n) is 2.85. The number of benzene rings is 2. The van der Waals surface area contributed by atoms with E-state index in [1.807, 2.05) is 4.90 Å². The summed E-state index contributed by atoms with van der Waals surface area (Å²) in [7, 11) is 0. The number of nitrogens with one attached hydrogen (secondary N) is 1. The SMILES string of the molecule is O=C(COc1ccc(Cl)cc1)Nc1ccc(N2CCCCC2)c(F)c1. The molecule has 0 unspecified atom stereocenters. The molecule has 1 fully saturated rings. The molecule has 6 heteroatoms. The van der Waals surface area contributed by atoms with Gasteiger partial charge in [-0.2, -0.15) is 0 Å². The average Bonchev–Trinajstić information content (AvgIpc) is 2.62. The van der Waals surface area contributed by atoms with Crippen LogP contribution in [0.2, 0.25) is 5.02 Å². The second-order valence-electron chi connectivity index (χ2n) is 6.00. The smallest absolute Gasteiger partial charge is 0.262 e. The summed E-state index contributed by atoms with van der Waals surface area (Å²) in [5.74, 6) is -0.121. The lowest BCUT2D eigenvalue weighted by atomic mass is 10.1. The Bertz CT molecular complexity index is 731. The first kappa shape index (κ1) is 17.5. The molecule has 1 saturated heterocycles. The molecule has 0 aromatic heterocycles. The highest BCUT2D eigenvalue weighted by molar-refractivity contribution is 6.30. The van der Waals surface area contributed by atoms with Crippen LogP contribution >= 0.6 is 11.6 Å². The molecule has 25 heavy (non-hydrogen) atoms. The zero-order valence-corrected chi connectivity index (χ0v) is 14.6. The molecule has 1 aliphatic heterocycles. The van der Waals surface area contributed by atoms with Crippen molar-refractivity contribution in [3.8, 4) is 5.75 Å². The number of amides is 1. The molecule has 2 aromatic rings. The van der Waals surface area contributed by atoms with E-state index in [1.165, 1.54) is 12.5 Å². The summed E-state index contributed by atoms with van der Waals surface area (Å²) in [6.45, 7) is 1.59. The number of carbonyl (C=O) groups excluding carboxylic acids is 1. The number of piperidine rings is 1. The molecule has 0 radical (unpaired) electrons. The fraction of sp³-hybridized carbons (Fsp3) is 0.316. The van der Waals surface area contributed by atoms with Crippen molar-refractivity contribution in [2.24, 2.45) is 0 Å². The van der Waals surface area contributed by atoms with E-state index in [0.717, 1.165) is 25.9 Å². The summed E-state index contributed by atoms with van der Waals surface area (Å²) in [4.78, 5) is 14.0. The van der Waals surface area contributed by atoms with Crippen LogP contribution in [0.3, 0.4) is 0 Å². The van der Waals surface area contributed by atoms with Gasteiger partial charge in [0, 0.05) is 23.8 Å². The van der Waals surface area contributed by atoms with Gasteiger partial charge in [-0.1, -0.05) is 11.6 Å². The van der Waals surface area contributed by atoms with Crippen molar-refractivity contribution in [1.29, 1.82) is 0 Å². The summed E-state index contributed by atoms with van der Waals surface area (Å²) in [5.41, 5.74) is 1.01. The summed E-state index contributed by atoms with van der Waals surface area (Å²) in [5, 5.41) is 3.24. The van der Waals surface area contributed by atoms with Gasteiger partial charge in [0.05, 0.1) is 5.69 Å². The third kappa shape index (κ3) is 4.86. The van der Waals surface area contributed by atoms with Gasteiger partial charge in [-0.15, -0.1) is 0 Å². The van der Waals surface area contributed by atoms with E-state index in [2.05, 4.69) is 5.32 Å². The first-order valence-electron chi connectivity index (χ1n) is 8.34. The maximum Gasteiger partial charge on any atom is 0.262 e. The second-order valence-corrected chi connectivity index (χ2v) is 6.44. The monoisotopic (exact) mass is 362 g/mol. The molecule has 1 heterocycles. The summed E-state index contributed by atoms with van der Waals surface area (Å²) >= 11 is 5.79. The van der Waals surface area contributed by atoms with Crippen molar-refractivity contribution in [3.63, 3.8) is 0 Å². The number of anilines is 2. The Morgan fingerprint density at radius 3 is 2.52 bits per heavy atom. The second kappa shape index (κ2) is 8.21. The van der Waals surface area contributed by atoms with Crippen molar-refractivity contribution in [1.82, 2.24) is 0 Å². The van der Waals surface area contributed by atoms with E-state index in [-0.39, 0.29) is 18.3 Å². The minimum absolute atomic E-state index is 0.156. The highest BCUT2D eigenvalue weighted by atomic mass is 35.5. The van der Waals surface area contributed by atoms with Crippen LogP contribution in [0.5, 0.6) is 5.75 Å². The highest BCUT2D eigenvalue weighted by Gasteiger charge is 2.15. The first-order valence-corrected chi connectivity index (χ1v) is 8.72. The van der Waals surface area contributed by atoms with Crippen LogP contribution in [0.25, 0.3) is 0 Å². The minimum atomic E-state index is -0.347. The topological polar surface area (TPSA) is 41.6 Å². The lowest BCUT2D eigenvalue weighted by Gasteiger charge is -2.29. The largest absolute Gasteiger partial charge is 0.484 e. The maximum absolute atomic E-state index is 14.3. The zero-order chi connectivity index (χ0) is 17.6. The molecule has 4 nitrogen and oxygen atoms in total. The van der Waals surface area contributed by atoms with Crippen LogP contribution in [-0.4, -0.2) is 25.6 Å². The lowest BCUT2D eigenvalue weighted by molar-refractivity contribution is -0.118. The van der Waals surface area contributed by atoms with Crippen LogP contribution in [0.15, 0.2) is 42.5 Å². The Kier molecular flexibility index (Phi) is 5.76. The van der Waals surface area contributed by atoms with Crippen molar-refractivity contribution in [3.05, 3.63) is 53.3 Å². The zero-order valence-electron chi connectivity index (χ0n) is 13.8. The van der Waals surface area contributed by atoms with Crippen molar-refractivity contribution >= 4 is 28.9 Å². The number of rotatable bonds is 5. The molecule has 0 bridgehead atoms. The van der Waals surface area contributed by atoms with Crippen molar-refractivity contribution in [2.75, 3.05) is 29.9 Å². The van der Waals surface area contributed by atoms with Gasteiger partial charge in [0.25, 0.3) is 5.91 Å². The molecule has 3 rings (SSSR count). The third-order valence-electron chi connectivity index (χ3n) is 4.11. The molecule has 1 aliphatic rings. The van der Waals surface area contributed by atoms with Gasteiger partial charge >= 0.3 is 0 Å². The average molecular weight is 363 g/mol. The third-order valence-corrected chi connectivity index (χ3v) is 4.36. The molecular weight excluding hydrogens is 343 g/mol. The minimum Gasteiger partial charge on any atom is -0.484 e. The Balaban J connectivity index is 1.55. The maximum atomic E-state index is 14.3. The Morgan fingerprint density at radius 1 is 1.12 bits per heavy atom. The molecule has 2 aromatic carbocycles. The van der Waals surface area contributed by atoms with Gasteiger partial charge in [-0.05, 0) is 61.7 Å². The quantitative estimate of drug-likeness (QED) is 0.852. The number of nitrogens with zero attached hydrogens (tertiary/aromatic N) is 1. The molecule has 1 N–H and O–H groups in total. The normalized spacial score (nSPS) is 14.2. The van der Waals surface area contributed by atoms with E-state index in [0.29, 0.717) is 22.1 Å². The summed E-state index contributed by atoms with van der Waals surface area (Å²) < 4.78 is 19.7. The Labute approximate surface area is 151 Å². The fourth-order valence-corrected chi connectivity index (χ4v) is 2.98. The van der Waals surface area contributed by atoms with Gasteiger partial charge in [0.1, 0.15) is 11.6 Å².